The van der Waals surface area contributed by atoms with Crippen molar-refractivity contribution < 1.29 is 92.4 Å². The summed E-state index contributed by atoms with van der Waals surface area (Å²) >= 11 is 0. The number of ether oxygens (including phenoxy) is 5. The highest BCUT2D eigenvalue weighted by molar-refractivity contribution is 7.46. The Morgan fingerprint density at radius 3 is 1.96 bits per heavy atom. The quantitative estimate of drug-likeness (QED) is 0.0530. The lowest BCUT2D eigenvalue weighted by molar-refractivity contribution is -0.297. The third kappa shape index (κ3) is 13.2. The minimum atomic E-state index is -5.39. The first kappa shape index (κ1) is 41.8. The summed E-state index contributed by atoms with van der Waals surface area (Å²) in [6, 6.07) is -3.23. The highest BCUT2D eigenvalue weighted by Crippen LogP contribution is 2.42. The molecule has 278 valence electrons. The molecule has 0 aromatic rings. The van der Waals surface area contributed by atoms with Gasteiger partial charge in [0.25, 0.3) is 0 Å². The van der Waals surface area contributed by atoms with Crippen LogP contribution in [0.3, 0.4) is 0 Å². The SMILES string of the molecule is CC(=O)O[C@H](C)CC(=O)NC1[C@H](OCC2O[C@H](O)C(NC(=O)C[C@@H](C)O)[C@@H](O)[C@@H]2O)OC(CO)[C@@H](OP(=O)(O)O)[C@@H]1OC(=O)C[C@@H](C)O. The molecule has 0 radical (unpaired) electrons. The van der Waals surface area contributed by atoms with E-state index >= 15 is 0 Å². The molecule has 0 saturated carbocycles. The van der Waals surface area contributed by atoms with Crippen LogP contribution < -0.4 is 10.6 Å². The summed E-state index contributed by atoms with van der Waals surface area (Å²) in [4.78, 5) is 68.2. The van der Waals surface area contributed by atoms with Gasteiger partial charge < -0.3 is 74.7 Å². The number of amides is 2. The van der Waals surface area contributed by atoms with E-state index in [1.807, 2.05) is 0 Å². The van der Waals surface area contributed by atoms with Crippen molar-refractivity contribution in [2.45, 2.75) is 127 Å². The standard InChI is InChI=1S/C26H45N2O19P/c1-10(30)5-16(33)27-19-22(37)21(36)15(44-25(19)38)9-42-26-20(28-17(34)7-12(3)43-13(4)32)24(46-18(35)6-11(2)31)23(14(8-29)45-26)47-48(39,40)41/h10-12,14-15,19-26,29-31,36-38H,5-9H2,1-4H3,(H,27,33)(H,28,34)(H2,39,40,41)/t10-,11-,12-,14?,15?,19?,20?,21-,22-,23-,24-,25+,26-/m1/s1. The second-order valence-electron chi connectivity index (χ2n) is 11.5. The lowest BCUT2D eigenvalue weighted by atomic mass is 9.95. The number of nitrogens with one attached hydrogen (secondary N) is 2. The van der Waals surface area contributed by atoms with Crippen LogP contribution in [0, 0.1) is 0 Å². The molecule has 4 unspecified atom stereocenters. The Kier molecular flexibility index (Phi) is 16.2. The monoisotopic (exact) mass is 720 g/mol. The van der Waals surface area contributed by atoms with Crippen LogP contribution in [0.2, 0.25) is 0 Å². The molecule has 2 rings (SSSR count). The number of carbonyl (C=O) groups is 4. The van der Waals surface area contributed by atoms with Crippen molar-refractivity contribution in [2.75, 3.05) is 13.2 Å². The first-order valence-electron chi connectivity index (χ1n) is 14.8. The van der Waals surface area contributed by atoms with Gasteiger partial charge in [-0.3, -0.25) is 23.7 Å². The van der Waals surface area contributed by atoms with Crippen molar-refractivity contribution in [3.63, 3.8) is 0 Å². The van der Waals surface area contributed by atoms with E-state index in [-0.39, 0.29) is 6.42 Å². The molecule has 2 saturated heterocycles. The van der Waals surface area contributed by atoms with Crippen LogP contribution in [0.4, 0.5) is 0 Å². The van der Waals surface area contributed by atoms with E-state index < -0.39 is 137 Å². The number of phosphoric acid groups is 1. The van der Waals surface area contributed by atoms with Crippen LogP contribution in [0.1, 0.15) is 47.0 Å². The molecule has 0 spiro atoms. The van der Waals surface area contributed by atoms with Crippen molar-refractivity contribution in [1.29, 1.82) is 0 Å². The molecule has 48 heavy (non-hydrogen) atoms. The van der Waals surface area contributed by atoms with Crippen molar-refractivity contribution >= 4 is 31.6 Å². The Morgan fingerprint density at radius 1 is 0.833 bits per heavy atom. The molecular formula is C26H45N2O19P. The maximum absolute atomic E-state index is 13.0. The topological polar surface area (TPSA) is 327 Å². The third-order valence-corrected chi connectivity index (χ3v) is 7.45. The molecule has 13 atom stereocenters. The fourth-order valence-corrected chi connectivity index (χ4v) is 5.56. The average molecular weight is 721 g/mol. The number of aliphatic hydroxyl groups excluding tert-OH is 6. The lowest BCUT2D eigenvalue weighted by Crippen LogP contribution is -2.67. The fraction of sp³-hybridized carbons (Fsp3) is 0.846. The van der Waals surface area contributed by atoms with E-state index in [9.17, 15) is 64.2 Å². The van der Waals surface area contributed by atoms with Crippen LogP contribution in [-0.2, 0) is 52.0 Å². The lowest BCUT2D eigenvalue weighted by Gasteiger charge is -2.46. The molecule has 2 heterocycles. The van der Waals surface area contributed by atoms with Crippen molar-refractivity contribution in [2.24, 2.45) is 0 Å². The van der Waals surface area contributed by atoms with Gasteiger partial charge in [0.2, 0.25) is 11.8 Å². The number of hydrogen-bond donors (Lipinski definition) is 10. The summed E-state index contributed by atoms with van der Waals surface area (Å²) < 4.78 is 43.6. The number of rotatable bonds is 16. The summed E-state index contributed by atoms with van der Waals surface area (Å²) in [5.74, 6) is -3.48. The first-order chi connectivity index (χ1) is 22.2. The summed E-state index contributed by atoms with van der Waals surface area (Å²) in [7, 11) is -5.39. The molecule has 10 N–H and O–H groups in total. The van der Waals surface area contributed by atoms with E-state index in [1.165, 1.54) is 20.8 Å². The predicted octanol–water partition coefficient (Wildman–Crippen LogP) is -4.60. The largest absolute Gasteiger partial charge is 0.470 e. The van der Waals surface area contributed by atoms with Crippen LogP contribution in [-0.4, -0.2) is 157 Å². The molecule has 21 nitrogen and oxygen atoms in total. The van der Waals surface area contributed by atoms with Crippen LogP contribution >= 0.6 is 7.82 Å². The van der Waals surface area contributed by atoms with Crippen molar-refractivity contribution in [3.05, 3.63) is 0 Å². The second-order valence-corrected chi connectivity index (χ2v) is 12.7. The maximum Gasteiger partial charge on any atom is 0.470 e. The van der Waals surface area contributed by atoms with Crippen molar-refractivity contribution in [1.82, 2.24) is 10.6 Å². The molecule has 0 aromatic heterocycles. The maximum atomic E-state index is 13.0. The van der Waals surface area contributed by atoms with Gasteiger partial charge in [-0.05, 0) is 20.8 Å². The molecule has 2 aliphatic rings. The van der Waals surface area contributed by atoms with Gasteiger partial charge in [0.05, 0.1) is 44.7 Å². The van der Waals surface area contributed by atoms with Gasteiger partial charge in [-0.15, -0.1) is 0 Å². The molecular weight excluding hydrogens is 675 g/mol. The Labute approximate surface area is 274 Å². The second kappa shape index (κ2) is 18.6. The highest BCUT2D eigenvalue weighted by atomic mass is 31.2. The van der Waals surface area contributed by atoms with E-state index in [0.29, 0.717) is 0 Å². The molecule has 22 heteroatoms. The zero-order chi connectivity index (χ0) is 36.5. The molecule has 2 aliphatic heterocycles. The first-order valence-corrected chi connectivity index (χ1v) is 16.4. The minimum absolute atomic E-state index is 0.383. The summed E-state index contributed by atoms with van der Waals surface area (Å²) in [5, 5.41) is 65.5. The van der Waals surface area contributed by atoms with Gasteiger partial charge >= 0.3 is 19.8 Å². The van der Waals surface area contributed by atoms with E-state index in [2.05, 4.69) is 10.6 Å². The zero-order valence-electron chi connectivity index (χ0n) is 26.6. The van der Waals surface area contributed by atoms with Gasteiger partial charge in [0.15, 0.2) is 18.7 Å². The third-order valence-electron chi connectivity index (χ3n) is 6.94. The molecule has 2 amide bonds. The number of carbonyl (C=O) groups excluding carboxylic acids is 4. The smallest absolute Gasteiger partial charge is 0.462 e. The number of aliphatic hydroxyl groups is 6. The Balaban J connectivity index is 2.39. The highest BCUT2D eigenvalue weighted by Gasteiger charge is 2.53. The van der Waals surface area contributed by atoms with E-state index in [0.717, 1.165) is 6.92 Å². The summed E-state index contributed by atoms with van der Waals surface area (Å²) in [6.07, 6.45) is -19.1. The average Bonchev–Trinajstić information content (AvgIpc) is 2.92. The van der Waals surface area contributed by atoms with Crippen LogP contribution in [0.25, 0.3) is 0 Å². The number of esters is 2. The van der Waals surface area contributed by atoms with Crippen LogP contribution in [0.5, 0.6) is 0 Å². The van der Waals surface area contributed by atoms with Crippen molar-refractivity contribution in [3.8, 4) is 0 Å². The number of phosphoric ester groups is 1. The van der Waals surface area contributed by atoms with Gasteiger partial charge in [0, 0.05) is 6.92 Å². The van der Waals surface area contributed by atoms with E-state index in [1.54, 1.807) is 0 Å². The van der Waals surface area contributed by atoms with Gasteiger partial charge in [-0.1, -0.05) is 0 Å². The summed E-state index contributed by atoms with van der Waals surface area (Å²) in [6.45, 7) is 3.30. The van der Waals surface area contributed by atoms with Gasteiger partial charge in [-0.2, -0.15) is 0 Å². The Morgan fingerprint density at radius 2 is 1.42 bits per heavy atom. The van der Waals surface area contributed by atoms with Crippen LogP contribution in [0.15, 0.2) is 0 Å². The zero-order valence-corrected chi connectivity index (χ0v) is 27.5. The molecule has 0 aromatic carbocycles. The summed E-state index contributed by atoms with van der Waals surface area (Å²) in [5.41, 5.74) is 0. The van der Waals surface area contributed by atoms with Gasteiger partial charge in [0.1, 0.15) is 48.7 Å². The Hall–Kier alpha value is -2.37. The Bertz CT molecular complexity index is 1140. The molecule has 0 bridgehead atoms. The molecule has 2 fully saturated rings. The number of hydrogen-bond acceptors (Lipinski definition) is 17. The fourth-order valence-electron chi connectivity index (χ4n) is 4.99. The van der Waals surface area contributed by atoms with E-state index in [4.69, 9.17) is 28.2 Å². The minimum Gasteiger partial charge on any atom is -0.462 e. The predicted molar refractivity (Wildman–Crippen MR) is 154 cm³/mol. The molecule has 0 aliphatic carbocycles. The normalized spacial score (nSPS) is 32.8. The van der Waals surface area contributed by atoms with Gasteiger partial charge in [-0.25, -0.2) is 4.57 Å².